The first-order chi connectivity index (χ1) is 14.0. The topological polar surface area (TPSA) is 0 Å². The third-order valence-corrected chi connectivity index (χ3v) is 8.04. The second-order valence-corrected chi connectivity index (χ2v) is 11.5. The Labute approximate surface area is 214 Å². The maximum Gasteiger partial charge on any atom is 0.0714 e. The van der Waals surface area contributed by atoms with Gasteiger partial charge in [-0.2, -0.15) is 0 Å². The molecule has 0 amide bonds. The number of benzene rings is 4. The van der Waals surface area contributed by atoms with Gasteiger partial charge in [0.05, 0.1) is 5.41 Å². The fourth-order valence-electron chi connectivity index (χ4n) is 4.46. The van der Waals surface area contributed by atoms with Crippen LogP contribution in [-0.4, -0.2) is 0 Å². The molecule has 142 valence electrons. The summed E-state index contributed by atoms with van der Waals surface area (Å²) in [6.45, 7) is 0. The predicted octanol–water partition coefficient (Wildman–Crippen LogP) is 8.78. The van der Waals surface area contributed by atoms with Gasteiger partial charge in [-0.1, -0.05) is 68.3 Å². The van der Waals surface area contributed by atoms with Crippen molar-refractivity contribution in [3.63, 3.8) is 0 Å². The van der Waals surface area contributed by atoms with E-state index >= 15 is 0 Å². The quantitative estimate of drug-likeness (QED) is 0.160. The third kappa shape index (κ3) is 3.25. The van der Waals surface area contributed by atoms with Crippen LogP contribution in [0.25, 0.3) is 11.1 Å². The molecule has 0 nitrogen and oxygen atoms in total. The van der Waals surface area contributed by atoms with Crippen LogP contribution in [0.1, 0.15) is 22.3 Å². The summed E-state index contributed by atoms with van der Waals surface area (Å²) in [7, 11) is 0. The van der Waals surface area contributed by atoms with Crippen LogP contribution in [0.3, 0.4) is 0 Å². The summed E-state index contributed by atoms with van der Waals surface area (Å²) in [6.07, 6.45) is 0. The highest BCUT2D eigenvalue weighted by Crippen LogP contribution is 2.57. The molecule has 0 aliphatic heterocycles. The van der Waals surface area contributed by atoms with E-state index in [0.717, 1.165) is 8.95 Å². The van der Waals surface area contributed by atoms with Crippen molar-refractivity contribution < 1.29 is 0 Å². The lowest BCUT2D eigenvalue weighted by atomic mass is 9.68. The Balaban J connectivity index is 1.97. The predicted molar refractivity (Wildman–Crippen MR) is 145 cm³/mol. The van der Waals surface area contributed by atoms with Crippen LogP contribution in [0.15, 0.2) is 93.9 Å². The van der Waals surface area contributed by atoms with Gasteiger partial charge in [0.15, 0.2) is 0 Å². The normalized spacial score (nSPS) is 13.8. The molecule has 29 heavy (non-hydrogen) atoms. The van der Waals surface area contributed by atoms with E-state index in [0.29, 0.717) is 0 Å². The molecule has 0 heterocycles. The zero-order valence-corrected chi connectivity index (χ0v) is 22.6. The van der Waals surface area contributed by atoms with Gasteiger partial charge in [-0.05, 0) is 127 Å². The fraction of sp³-hybridized carbons (Fsp3) is 0.0400. The van der Waals surface area contributed by atoms with Crippen LogP contribution >= 0.6 is 77.0 Å². The maximum atomic E-state index is 3.73. The highest BCUT2D eigenvalue weighted by molar-refractivity contribution is 14.1. The molecular formula is C25H14Br2I2. The first kappa shape index (κ1) is 20.2. The Bertz CT molecular complexity index is 1130. The summed E-state index contributed by atoms with van der Waals surface area (Å²) in [5.74, 6) is 0. The summed E-state index contributed by atoms with van der Waals surface area (Å²) < 4.78 is 4.68. The molecule has 4 heteroatoms. The molecule has 1 aliphatic carbocycles. The van der Waals surface area contributed by atoms with Crippen LogP contribution in [0.2, 0.25) is 0 Å². The molecule has 4 aromatic rings. The van der Waals surface area contributed by atoms with E-state index in [2.05, 4.69) is 162 Å². The number of hydrogen-bond donors (Lipinski definition) is 0. The summed E-state index contributed by atoms with van der Waals surface area (Å²) in [5.41, 5.74) is 7.46. The van der Waals surface area contributed by atoms with Crippen molar-refractivity contribution in [1.82, 2.24) is 0 Å². The van der Waals surface area contributed by atoms with E-state index in [9.17, 15) is 0 Å². The zero-order valence-electron chi connectivity index (χ0n) is 15.1. The molecular weight excluding hydrogens is 714 g/mol. The van der Waals surface area contributed by atoms with E-state index in [-0.39, 0.29) is 5.41 Å². The lowest BCUT2D eigenvalue weighted by molar-refractivity contribution is 0.766. The summed E-state index contributed by atoms with van der Waals surface area (Å²) in [6, 6.07) is 31.3. The molecule has 0 atom stereocenters. The van der Waals surface area contributed by atoms with Gasteiger partial charge in [-0.25, -0.2) is 0 Å². The molecule has 0 radical (unpaired) electrons. The van der Waals surface area contributed by atoms with Crippen LogP contribution in [0, 0.1) is 7.14 Å². The number of rotatable bonds is 2. The minimum atomic E-state index is -0.354. The fourth-order valence-corrected chi connectivity index (χ4v) is 5.90. The van der Waals surface area contributed by atoms with Gasteiger partial charge < -0.3 is 0 Å². The van der Waals surface area contributed by atoms with Gasteiger partial charge in [0.25, 0.3) is 0 Å². The summed E-state index contributed by atoms with van der Waals surface area (Å²) >= 11 is 12.2. The van der Waals surface area contributed by atoms with Crippen molar-refractivity contribution in [2.45, 2.75) is 5.41 Å². The van der Waals surface area contributed by atoms with E-state index in [1.54, 1.807) is 0 Å². The van der Waals surface area contributed by atoms with Crippen molar-refractivity contribution in [1.29, 1.82) is 0 Å². The highest BCUT2D eigenvalue weighted by Gasteiger charge is 2.46. The second kappa shape index (κ2) is 7.77. The van der Waals surface area contributed by atoms with Gasteiger partial charge in [0, 0.05) is 16.1 Å². The maximum absolute atomic E-state index is 3.73. The molecule has 0 bridgehead atoms. The van der Waals surface area contributed by atoms with Crippen LogP contribution in [-0.2, 0) is 5.41 Å². The molecule has 1 aliphatic rings. The average molecular weight is 728 g/mol. The van der Waals surface area contributed by atoms with Crippen molar-refractivity contribution in [2.24, 2.45) is 0 Å². The Morgan fingerprint density at radius 2 is 0.897 bits per heavy atom. The molecule has 0 saturated heterocycles. The van der Waals surface area contributed by atoms with Crippen molar-refractivity contribution in [2.75, 3.05) is 0 Å². The smallest absolute Gasteiger partial charge is 0.0564 e. The average Bonchev–Trinajstić information content (AvgIpc) is 2.99. The van der Waals surface area contributed by atoms with Gasteiger partial charge in [0.2, 0.25) is 0 Å². The van der Waals surface area contributed by atoms with E-state index in [4.69, 9.17) is 0 Å². The summed E-state index contributed by atoms with van der Waals surface area (Å²) in [4.78, 5) is 0. The molecule has 0 N–H and O–H groups in total. The van der Waals surface area contributed by atoms with Crippen molar-refractivity contribution in [3.05, 3.63) is 123 Å². The molecule has 0 fully saturated rings. The minimum absolute atomic E-state index is 0.354. The Kier molecular flexibility index (Phi) is 5.42. The Morgan fingerprint density at radius 1 is 0.517 bits per heavy atom. The highest BCUT2D eigenvalue weighted by atomic mass is 127. The zero-order chi connectivity index (χ0) is 20.2. The number of halogens is 4. The number of fused-ring (bicyclic) bond motifs is 3. The lowest BCUT2D eigenvalue weighted by Gasteiger charge is -2.34. The Hall–Kier alpha value is -0.700. The molecule has 5 rings (SSSR count). The van der Waals surface area contributed by atoms with Crippen molar-refractivity contribution >= 4 is 77.0 Å². The lowest BCUT2D eigenvalue weighted by Crippen LogP contribution is -2.28. The van der Waals surface area contributed by atoms with Gasteiger partial charge in [-0.15, -0.1) is 0 Å². The van der Waals surface area contributed by atoms with Crippen molar-refractivity contribution in [3.8, 4) is 11.1 Å². The molecule has 0 saturated carbocycles. The monoisotopic (exact) mass is 726 g/mol. The molecule has 4 aromatic carbocycles. The first-order valence-corrected chi connectivity index (χ1v) is 12.9. The third-order valence-electron chi connectivity index (χ3n) is 5.62. The SMILES string of the molecule is Brc1ccc2c(c1)C(c1ccc(I)cc1)(c1ccc(I)cc1)c1cc(Br)ccc1-2. The van der Waals surface area contributed by atoms with E-state index in [1.807, 2.05) is 0 Å². The van der Waals surface area contributed by atoms with Gasteiger partial charge in [-0.3, -0.25) is 0 Å². The largest absolute Gasteiger partial charge is 0.0714 e. The molecule has 0 aromatic heterocycles. The Morgan fingerprint density at radius 3 is 1.28 bits per heavy atom. The molecule has 0 unspecified atom stereocenters. The van der Waals surface area contributed by atoms with Crippen LogP contribution in [0.5, 0.6) is 0 Å². The second-order valence-electron chi connectivity index (χ2n) is 7.14. The van der Waals surface area contributed by atoms with Crippen LogP contribution in [0.4, 0.5) is 0 Å². The standard InChI is InChI=1S/C25H14Br2I2/c26-17-5-11-21-22-12-6-18(27)14-24(22)25(23(21)13-17,15-1-7-19(28)8-2-15)16-3-9-20(29)10-4-16/h1-14H. The minimum Gasteiger partial charge on any atom is -0.0564 e. The van der Waals surface area contributed by atoms with E-state index < -0.39 is 0 Å². The van der Waals surface area contributed by atoms with E-state index in [1.165, 1.54) is 40.5 Å². The van der Waals surface area contributed by atoms with Gasteiger partial charge in [0.1, 0.15) is 0 Å². The van der Waals surface area contributed by atoms with Gasteiger partial charge >= 0.3 is 0 Å². The first-order valence-electron chi connectivity index (χ1n) is 9.12. The summed E-state index contributed by atoms with van der Waals surface area (Å²) in [5, 5.41) is 0. The number of hydrogen-bond acceptors (Lipinski definition) is 0. The molecule has 0 spiro atoms. The van der Waals surface area contributed by atoms with Crippen LogP contribution < -0.4 is 0 Å².